The molecule has 124 valence electrons. The van der Waals surface area contributed by atoms with Crippen LogP contribution in [-0.2, 0) is 33.1 Å². The predicted octanol–water partition coefficient (Wildman–Crippen LogP) is 1.70. The van der Waals surface area contributed by atoms with Gasteiger partial charge in [-0.1, -0.05) is 17.9 Å². The Bertz CT molecular complexity index is 437. The van der Waals surface area contributed by atoms with Crippen LogP contribution in [0.25, 0.3) is 0 Å². The average Bonchev–Trinajstić information content (AvgIpc) is 2.40. The van der Waals surface area contributed by atoms with E-state index in [1.165, 1.54) is 0 Å². The summed E-state index contributed by atoms with van der Waals surface area (Å²) in [5, 5.41) is -1.51. The summed E-state index contributed by atoms with van der Waals surface area (Å²) >= 11 is 0. The summed E-state index contributed by atoms with van der Waals surface area (Å²) in [6.45, 7) is 5.05. The third-order valence-electron chi connectivity index (χ3n) is 2.77. The molecule has 0 heterocycles. The van der Waals surface area contributed by atoms with Crippen molar-refractivity contribution in [2.24, 2.45) is 5.92 Å². The maximum absolute atomic E-state index is 12.1. The fourth-order valence-corrected chi connectivity index (χ4v) is 3.13. The summed E-state index contributed by atoms with van der Waals surface area (Å²) in [7, 11) is -4.80. The van der Waals surface area contributed by atoms with Crippen molar-refractivity contribution in [2.75, 3.05) is 26.1 Å². The minimum Gasteiger partial charge on any atom is -0.466 e. The summed E-state index contributed by atoms with van der Waals surface area (Å²) in [6, 6.07) is 0. The van der Waals surface area contributed by atoms with Gasteiger partial charge in [-0.3, -0.25) is 8.98 Å². The molecule has 0 aromatic rings. The Morgan fingerprint density at radius 2 is 1.86 bits per heavy atom. The highest BCUT2D eigenvalue weighted by molar-refractivity contribution is 7.86. The molecule has 3 atom stereocenters. The molecule has 0 N–H and O–H groups in total. The molecule has 0 amide bonds. The van der Waals surface area contributed by atoms with Crippen molar-refractivity contribution in [3.8, 4) is 0 Å². The van der Waals surface area contributed by atoms with Crippen LogP contribution in [0.15, 0.2) is 0 Å². The molecule has 0 spiro atoms. The Balaban J connectivity index is 5.46. The van der Waals surface area contributed by atoms with E-state index in [0.29, 0.717) is 12.8 Å². The summed E-state index contributed by atoms with van der Waals surface area (Å²) in [4.78, 5) is 12.1. The third kappa shape index (κ3) is 6.82. The zero-order valence-corrected chi connectivity index (χ0v) is 14.7. The van der Waals surface area contributed by atoms with Crippen LogP contribution < -0.4 is 0 Å². The van der Waals surface area contributed by atoms with Gasteiger partial charge in [-0.25, -0.2) is 0 Å². The molecule has 0 aliphatic carbocycles. The quantitative estimate of drug-likeness (QED) is 0.320. The monoisotopic (exact) mass is 343 g/mol. The zero-order valence-electron chi connectivity index (χ0n) is 12.9. The van der Waals surface area contributed by atoms with Gasteiger partial charge in [0.2, 0.25) is 0 Å². The van der Waals surface area contributed by atoms with Crippen molar-refractivity contribution in [3.05, 3.63) is 0 Å². The molecule has 0 fully saturated rings. The normalized spacial score (nSPS) is 16.4. The predicted molar refractivity (Wildman–Crippen MR) is 79.2 cm³/mol. The minimum atomic E-state index is -3.74. The zero-order chi connectivity index (χ0) is 16.5. The smallest absolute Gasteiger partial charge is 0.363 e. The second-order valence-electron chi connectivity index (χ2n) is 4.48. The van der Waals surface area contributed by atoms with Crippen molar-refractivity contribution in [3.63, 3.8) is 0 Å². The number of hydrogen-bond acceptors (Lipinski definition) is 7. The number of carbonyl (C=O) groups is 1. The first-order valence-electron chi connectivity index (χ1n) is 6.80. The number of ether oxygens (including phenoxy) is 2. The molecule has 0 aliphatic rings. The lowest BCUT2D eigenvalue weighted by Gasteiger charge is -2.27. The SMILES string of the molecule is CCCC(C(=O)OCC)C(COS(C)(=O)=O)(OCC)[PH+]=O. The van der Waals surface area contributed by atoms with E-state index in [9.17, 15) is 17.8 Å². The summed E-state index contributed by atoms with van der Waals surface area (Å²) in [5.74, 6) is -1.41. The topological polar surface area (TPSA) is 96.0 Å². The van der Waals surface area contributed by atoms with Crippen LogP contribution >= 0.6 is 8.46 Å². The first kappa shape index (κ1) is 20.4. The largest absolute Gasteiger partial charge is 0.466 e. The van der Waals surface area contributed by atoms with Crippen LogP contribution in [0.2, 0.25) is 0 Å². The molecule has 0 bridgehead atoms. The number of carbonyl (C=O) groups excluding carboxylic acids is 1. The van der Waals surface area contributed by atoms with Gasteiger partial charge in [-0.15, -0.1) is 0 Å². The molecule has 21 heavy (non-hydrogen) atoms. The summed E-state index contributed by atoms with van der Waals surface area (Å²) in [6.07, 6.45) is 1.87. The van der Waals surface area contributed by atoms with E-state index >= 15 is 0 Å². The van der Waals surface area contributed by atoms with Gasteiger partial charge in [-0.05, 0) is 20.3 Å². The van der Waals surface area contributed by atoms with Gasteiger partial charge in [0.25, 0.3) is 10.1 Å². The van der Waals surface area contributed by atoms with Crippen molar-refractivity contribution in [2.45, 2.75) is 39.0 Å². The molecule has 9 heteroatoms. The van der Waals surface area contributed by atoms with Crippen molar-refractivity contribution < 1.29 is 31.4 Å². The van der Waals surface area contributed by atoms with Crippen molar-refractivity contribution in [1.29, 1.82) is 0 Å². The Hall–Kier alpha value is -0.560. The molecule has 0 saturated heterocycles. The van der Waals surface area contributed by atoms with E-state index < -0.39 is 42.4 Å². The van der Waals surface area contributed by atoms with Gasteiger partial charge < -0.3 is 9.47 Å². The number of rotatable bonds is 11. The highest BCUT2D eigenvalue weighted by Gasteiger charge is 2.53. The molecule has 0 radical (unpaired) electrons. The molecular formula is C12H24O7PS+. The van der Waals surface area contributed by atoms with Crippen LogP contribution in [0.3, 0.4) is 0 Å². The van der Waals surface area contributed by atoms with E-state index in [1.807, 2.05) is 6.92 Å². The highest BCUT2D eigenvalue weighted by atomic mass is 32.2. The van der Waals surface area contributed by atoms with Gasteiger partial charge in [0.05, 0.1) is 12.9 Å². The van der Waals surface area contributed by atoms with Crippen LogP contribution in [-0.4, -0.2) is 45.8 Å². The second kappa shape index (κ2) is 9.46. The molecule has 0 saturated carbocycles. The molecule has 0 aromatic heterocycles. The van der Waals surface area contributed by atoms with E-state index in [4.69, 9.17) is 13.7 Å². The molecule has 7 nitrogen and oxygen atoms in total. The Kier molecular flexibility index (Phi) is 9.20. The van der Waals surface area contributed by atoms with Crippen LogP contribution in [0.1, 0.15) is 33.6 Å². The maximum Gasteiger partial charge on any atom is 0.363 e. The van der Waals surface area contributed by atoms with Gasteiger partial charge in [0.1, 0.15) is 12.5 Å². The molecule has 0 aliphatic heterocycles. The number of esters is 1. The average molecular weight is 343 g/mol. The lowest BCUT2D eigenvalue weighted by Crippen LogP contribution is -2.45. The second-order valence-corrected chi connectivity index (χ2v) is 7.18. The van der Waals surface area contributed by atoms with E-state index in [1.54, 1.807) is 13.8 Å². The van der Waals surface area contributed by atoms with E-state index in [-0.39, 0.29) is 13.2 Å². The lowest BCUT2D eigenvalue weighted by atomic mass is 9.96. The van der Waals surface area contributed by atoms with Crippen LogP contribution in [0.5, 0.6) is 0 Å². The van der Waals surface area contributed by atoms with E-state index in [0.717, 1.165) is 6.26 Å². The Morgan fingerprint density at radius 1 is 1.24 bits per heavy atom. The highest BCUT2D eigenvalue weighted by Crippen LogP contribution is 2.38. The van der Waals surface area contributed by atoms with Crippen LogP contribution in [0, 0.1) is 5.92 Å². The Morgan fingerprint density at radius 3 is 2.24 bits per heavy atom. The maximum atomic E-state index is 12.1. The standard InChI is InChI=1S/C12H23O7PS/c1-5-8-10(11(13)17-6-2)12(20-14,18-7-3)9-19-21(4,15)16/h10H,5-9H2,1-4H3/p+1. The molecule has 0 rings (SSSR count). The van der Waals surface area contributed by atoms with Crippen molar-refractivity contribution in [1.82, 2.24) is 0 Å². The van der Waals surface area contributed by atoms with Gasteiger partial charge >= 0.3 is 19.8 Å². The van der Waals surface area contributed by atoms with Gasteiger partial charge in [0, 0.05) is 6.61 Å². The fraction of sp³-hybridized carbons (Fsp3) is 0.917. The van der Waals surface area contributed by atoms with Gasteiger partial charge in [-0.2, -0.15) is 8.42 Å². The minimum absolute atomic E-state index is 0.169. The van der Waals surface area contributed by atoms with E-state index in [2.05, 4.69) is 0 Å². The molecule has 3 unspecified atom stereocenters. The van der Waals surface area contributed by atoms with Crippen LogP contribution in [0.4, 0.5) is 0 Å². The lowest BCUT2D eigenvalue weighted by molar-refractivity contribution is -0.158. The summed E-state index contributed by atoms with van der Waals surface area (Å²) in [5.41, 5.74) is 0. The molecule has 0 aromatic carbocycles. The fourth-order valence-electron chi connectivity index (χ4n) is 1.90. The first-order valence-corrected chi connectivity index (χ1v) is 9.53. The van der Waals surface area contributed by atoms with Gasteiger partial charge in [0.15, 0.2) is 0 Å². The Labute approximate surface area is 127 Å². The summed E-state index contributed by atoms with van der Waals surface area (Å²) < 4.78 is 49.3. The number of hydrogen-bond donors (Lipinski definition) is 0. The molecular weight excluding hydrogens is 319 g/mol. The van der Waals surface area contributed by atoms with Crippen molar-refractivity contribution >= 4 is 24.5 Å². The third-order valence-corrected chi connectivity index (χ3v) is 4.30. The first-order chi connectivity index (χ1) is 9.76.